The van der Waals surface area contributed by atoms with E-state index in [1.54, 1.807) is 6.07 Å². The molecular weight excluding hydrogens is 446 g/mol. The van der Waals surface area contributed by atoms with Gasteiger partial charge < -0.3 is 20.6 Å². The first kappa shape index (κ1) is 23.0. The fourth-order valence-corrected chi connectivity index (χ4v) is 3.11. The molecule has 148 valence electrons. The molecule has 1 fully saturated rings. The van der Waals surface area contributed by atoms with Crippen LogP contribution in [0.25, 0.3) is 0 Å². The predicted octanol–water partition coefficient (Wildman–Crippen LogP) is 2.90. The number of benzene rings is 1. The second kappa shape index (κ2) is 11.6. The molecule has 1 saturated heterocycles. The number of hydrogen-bond acceptors (Lipinski definition) is 3. The molecule has 1 aromatic rings. The molecule has 0 spiro atoms. The third-order valence-corrected chi connectivity index (χ3v) is 4.48. The lowest BCUT2D eigenvalue weighted by Crippen LogP contribution is -2.51. The topological polar surface area (TPSA) is 59.9 Å². The van der Waals surface area contributed by atoms with E-state index in [0.717, 1.165) is 49.7 Å². The minimum atomic E-state index is -0.187. The molecule has 1 heterocycles. The van der Waals surface area contributed by atoms with Crippen LogP contribution in [0.1, 0.15) is 32.3 Å². The third-order valence-electron chi connectivity index (χ3n) is 4.48. The van der Waals surface area contributed by atoms with E-state index in [-0.39, 0.29) is 42.3 Å². The molecule has 1 aromatic carbocycles. The number of nitrogens with one attached hydrogen (secondary N) is 2. The van der Waals surface area contributed by atoms with Crippen molar-refractivity contribution in [3.8, 4) is 0 Å². The maximum Gasteiger partial charge on any atom is 0.191 e. The number of aliphatic hydroxyl groups is 1. The van der Waals surface area contributed by atoms with Crippen LogP contribution in [0.15, 0.2) is 23.2 Å². The number of aryl methyl sites for hydroxylation is 1. The Bertz CT molecular complexity index is 585. The molecule has 26 heavy (non-hydrogen) atoms. The van der Waals surface area contributed by atoms with Gasteiger partial charge in [-0.25, -0.2) is 4.39 Å². The second-order valence-electron chi connectivity index (χ2n) is 6.87. The summed E-state index contributed by atoms with van der Waals surface area (Å²) < 4.78 is 13.4. The molecule has 2 rings (SSSR count). The summed E-state index contributed by atoms with van der Waals surface area (Å²) in [6.07, 6.45) is 2.16. The summed E-state index contributed by atoms with van der Waals surface area (Å²) in [6, 6.07) is 5.28. The van der Waals surface area contributed by atoms with E-state index in [2.05, 4.69) is 20.5 Å². The number of guanidine groups is 1. The summed E-state index contributed by atoms with van der Waals surface area (Å²) >= 11 is 0. The average molecular weight is 478 g/mol. The number of hydrogen-bond donors (Lipinski definition) is 3. The van der Waals surface area contributed by atoms with Crippen LogP contribution in [0.2, 0.25) is 0 Å². The molecule has 2 unspecified atom stereocenters. The molecule has 1 aliphatic heterocycles. The second-order valence-corrected chi connectivity index (χ2v) is 6.87. The summed E-state index contributed by atoms with van der Waals surface area (Å²) in [4.78, 5) is 6.89. The smallest absolute Gasteiger partial charge is 0.191 e. The van der Waals surface area contributed by atoms with Crippen LogP contribution in [0.3, 0.4) is 0 Å². The minimum Gasteiger partial charge on any atom is -0.396 e. The number of nitrogens with zero attached hydrogens (tertiary/aromatic N) is 2. The Kier molecular flexibility index (Phi) is 10.2. The van der Waals surface area contributed by atoms with Crippen molar-refractivity contribution >= 4 is 35.6 Å². The molecule has 0 aliphatic carbocycles. The number of aliphatic hydroxyl groups excluding tert-OH is 1. The van der Waals surface area contributed by atoms with Crippen molar-refractivity contribution in [2.24, 2.45) is 10.9 Å². The van der Waals surface area contributed by atoms with Gasteiger partial charge in [0.15, 0.2) is 5.96 Å². The number of anilines is 1. The molecule has 0 aromatic heterocycles. The van der Waals surface area contributed by atoms with Crippen molar-refractivity contribution < 1.29 is 9.50 Å². The zero-order chi connectivity index (χ0) is 18.2. The predicted molar refractivity (Wildman–Crippen MR) is 117 cm³/mol. The van der Waals surface area contributed by atoms with E-state index >= 15 is 0 Å². The lowest BCUT2D eigenvalue weighted by Gasteiger charge is -2.36. The van der Waals surface area contributed by atoms with Gasteiger partial charge in [-0.05, 0) is 56.4 Å². The van der Waals surface area contributed by atoms with E-state index in [1.165, 1.54) is 6.07 Å². The summed E-state index contributed by atoms with van der Waals surface area (Å²) in [5.74, 6) is 0.762. The van der Waals surface area contributed by atoms with Crippen LogP contribution in [-0.2, 0) is 0 Å². The Labute approximate surface area is 173 Å². The van der Waals surface area contributed by atoms with Gasteiger partial charge in [0, 0.05) is 44.5 Å². The Morgan fingerprint density at radius 1 is 1.46 bits per heavy atom. The van der Waals surface area contributed by atoms with Crippen molar-refractivity contribution in [2.75, 3.05) is 37.7 Å². The van der Waals surface area contributed by atoms with Crippen LogP contribution < -0.4 is 15.5 Å². The van der Waals surface area contributed by atoms with E-state index in [4.69, 9.17) is 5.11 Å². The Morgan fingerprint density at radius 2 is 2.23 bits per heavy atom. The maximum absolute atomic E-state index is 13.4. The highest BCUT2D eigenvalue weighted by molar-refractivity contribution is 14.0. The van der Waals surface area contributed by atoms with Crippen molar-refractivity contribution in [3.05, 3.63) is 29.6 Å². The van der Waals surface area contributed by atoms with Gasteiger partial charge in [-0.3, -0.25) is 4.99 Å². The minimum absolute atomic E-state index is 0. The molecule has 7 heteroatoms. The molecule has 0 saturated carbocycles. The molecule has 2 atom stereocenters. The fourth-order valence-electron chi connectivity index (χ4n) is 3.11. The highest BCUT2D eigenvalue weighted by atomic mass is 127. The monoisotopic (exact) mass is 478 g/mol. The molecule has 5 nitrogen and oxygen atoms in total. The van der Waals surface area contributed by atoms with E-state index < -0.39 is 0 Å². The standard InChI is InChI=1S/C19H31FN4O.HI/c1-4-21-19(22-11-14(2)13-25)23-17-6-5-9-24(12-17)18-8-7-16(20)10-15(18)3;/h7-8,10,14,17,25H,4-6,9,11-13H2,1-3H3,(H2,21,22,23);1H. The van der Waals surface area contributed by atoms with Gasteiger partial charge in [-0.15, -0.1) is 24.0 Å². The molecule has 0 radical (unpaired) electrons. The highest BCUT2D eigenvalue weighted by Gasteiger charge is 2.22. The van der Waals surface area contributed by atoms with Gasteiger partial charge in [0.05, 0.1) is 0 Å². The van der Waals surface area contributed by atoms with Crippen LogP contribution in [0.5, 0.6) is 0 Å². The summed E-state index contributed by atoms with van der Waals surface area (Å²) in [5.41, 5.74) is 2.07. The number of piperidine rings is 1. The van der Waals surface area contributed by atoms with Gasteiger partial charge >= 0.3 is 0 Å². The third kappa shape index (κ3) is 6.90. The SMILES string of the molecule is CCNC(=NCC(C)CO)NC1CCCN(c2ccc(F)cc2C)C1.I. The van der Waals surface area contributed by atoms with Crippen LogP contribution in [0.4, 0.5) is 10.1 Å². The van der Waals surface area contributed by atoms with E-state index in [9.17, 15) is 4.39 Å². The number of rotatable bonds is 6. The van der Waals surface area contributed by atoms with Crippen molar-refractivity contribution in [2.45, 2.75) is 39.7 Å². The summed E-state index contributed by atoms with van der Waals surface area (Å²) in [6.45, 7) is 9.37. The molecule has 0 amide bonds. The van der Waals surface area contributed by atoms with Gasteiger partial charge in [-0.2, -0.15) is 0 Å². The summed E-state index contributed by atoms with van der Waals surface area (Å²) in [7, 11) is 0. The number of halogens is 2. The molecule has 3 N–H and O–H groups in total. The van der Waals surface area contributed by atoms with Crippen molar-refractivity contribution in [3.63, 3.8) is 0 Å². The zero-order valence-corrected chi connectivity index (χ0v) is 18.3. The molecule has 0 bridgehead atoms. The maximum atomic E-state index is 13.4. The fraction of sp³-hybridized carbons (Fsp3) is 0.632. The average Bonchev–Trinajstić information content (AvgIpc) is 2.59. The lowest BCUT2D eigenvalue weighted by molar-refractivity contribution is 0.241. The van der Waals surface area contributed by atoms with Crippen molar-refractivity contribution in [1.82, 2.24) is 10.6 Å². The van der Waals surface area contributed by atoms with E-state index in [0.29, 0.717) is 12.6 Å². The van der Waals surface area contributed by atoms with Gasteiger partial charge in [0.2, 0.25) is 0 Å². The van der Waals surface area contributed by atoms with Gasteiger partial charge in [0.25, 0.3) is 0 Å². The first-order chi connectivity index (χ1) is 12.0. The lowest BCUT2D eigenvalue weighted by atomic mass is 10.0. The van der Waals surface area contributed by atoms with Crippen molar-refractivity contribution in [1.29, 1.82) is 0 Å². The summed E-state index contributed by atoms with van der Waals surface area (Å²) in [5, 5.41) is 15.9. The Hall–Kier alpha value is -1.09. The van der Waals surface area contributed by atoms with Gasteiger partial charge in [-0.1, -0.05) is 6.92 Å². The van der Waals surface area contributed by atoms with Crippen LogP contribution >= 0.6 is 24.0 Å². The van der Waals surface area contributed by atoms with Crippen LogP contribution in [0, 0.1) is 18.7 Å². The Morgan fingerprint density at radius 3 is 2.88 bits per heavy atom. The first-order valence-electron chi connectivity index (χ1n) is 9.20. The zero-order valence-electron chi connectivity index (χ0n) is 16.0. The molecule has 1 aliphatic rings. The normalized spacial score (nSPS) is 18.9. The molecular formula is C19H32FIN4O. The van der Waals surface area contributed by atoms with E-state index in [1.807, 2.05) is 26.8 Å². The van der Waals surface area contributed by atoms with Crippen LogP contribution in [-0.4, -0.2) is 49.9 Å². The quantitative estimate of drug-likeness (QED) is 0.335. The first-order valence-corrected chi connectivity index (χ1v) is 9.20. The highest BCUT2D eigenvalue weighted by Crippen LogP contribution is 2.24. The largest absolute Gasteiger partial charge is 0.396 e. The number of aliphatic imine (C=N–C) groups is 1. The Balaban J connectivity index is 0.00000338. The van der Waals surface area contributed by atoms with Gasteiger partial charge in [0.1, 0.15) is 5.82 Å².